The highest BCUT2D eigenvalue weighted by atomic mass is 16.5. The van der Waals surface area contributed by atoms with Gasteiger partial charge in [-0.25, -0.2) is 0 Å². The third-order valence-corrected chi connectivity index (χ3v) is 10.2. The largest absolute Gasteiger partial charge is 0.496 e. The molecule has 2 aliphatic heterocycles. The number of nitrogens with zero attached hydrogens (tertiary/aromatic N) is 5. The first-order valence-corrected chi connectivity index (χ1v) is 18.3. The number of hydrogen-bond donors (Lipinski definition) is 2. The van der Waals surface area contributed by atoms with Crippen LogP contribution in [0.1, 0.15) is 58.4 Å². The average Bonchev–Trinajstić information content (AvgIpc) is 3.43. The van der Waals surface area contributed by atoms with E-state index in [0.29, 0.717) is 71.9 Å². The molecule has 288 valence electrons. The Bertz CT molecular complexity index is 2210. The topological polar surface area (TPSA) is 155 Å². The van der Waals surface area contributed by atoms with E-state index >= 15 is 0 Å². The van der Waals surface area contributed by atoms with E-state index < -0.39 is 23.8 Å². The molecule has 6 rings (SSSR count). The third kappa shape index (κ3) is 7.95. The van der Waals surface area contributed by atoms with Gasteiger partial charge in [-0.3, -0.25) is 38.8 Å². The van der Waals surface area contributed by atoms with E-state index in [0.717, 1.165) is 46.2 Å². The quantitative estimate of drug-likeness (QED) is 0.134. The van der Waals surface area contributed by atoms with Crippen molar-refractivity contribution in [2.45, 2.75) is 44.7 Å². The number of ether oxygens (including phenoxy) is 2. The van der Waals surface area contributed by atoms with Gasteiger partial charge >= 0.3 is 0 Å². The summed E-state index contributed by atoms with van der Waals surface area (Å²) in [7, 11) is 8.56. The number of unbranched alkanes of at least 4 members (excludes halogenated alkanes) is 2. The minimum atomic E-state index is -0.860. The summed E-state index contributed by atoms with van der Waals surface area (Å²) in [5, 5.41) is 7.25. The van der Waals surface area contributed by atoms with Gasteiger partial charge in [-0.15, -0.1) is 0 Å². The fourth-order valence-electron chi connectivity index (χ4n) is 7.26. The van der Waals surface area contributed by atoms with Gasteiger partial charge in [0, 0.05) is 69.3 Å². The number of likely N-dealkylation sites (N-methyl/N-ethyl adjacent to an activating group) is 2. The van der Waals surface area contributed by atoms with Crippen LogP contribution < -0.4 is 25.7 Å². The lowest BCUT2D eigenvalue weighted by atomic mass is 9.99. The average molecular weight is 750 g/mol. The molecule has 14 nitrogen and oxygen atoms in total. The highest BCUT2D eigenvalue weighted by Gasteiger charge is 2.45. The first kappa shape index (κ1) is 38.7. The monoisotopic (exact) mass is 749 g/mol. The summed E-state index contributed by atoms with van der Waals surface area (Å²) in [6, 6.07) is 9.91. The normalized spacial score (nSPS) is 15.4. The summed E-state index contributed by atoms with van der Waals surface area (Å²) in [4.78, 5) is 73.9. The molecule has 1 saturated heterocycles. The van der Waals surface area contributed by atoms with Crippen LogP contribution >= 0.6 is 0 Å². The fraction of sp³-hybridized carbons (Fsp3) is 0.366. The van der Waals surface area contributed by atoms with Gasteiger partial charge in [-0.2, -0.15) is 0 Å². The Hall–Kier alpha value is -6.02. The first-order valence-electron chi connectivity index (χ1n) is 18.3. The summed E-state index contributed by atoms with van der Waals surface area (Å²) in [6.07, 6.45) is 8.28. The molecule has 14 heteroatoms. The van der Waals surface area contributed by atoms with Gasteiger partial charge in [0.15, 0.2) is 0 Å². The van der Waals surface area contributed by atoms with Crippen molar-refractivity contribution in [1.29, 1.82) is 0 Å². The van der Waals surface area contributed by atoms with Gasteiger partial charge in [-0.05, 0) is 80.4 Å². The fourth-order valence-corrected chi connectivity index (χ4v) is 7.26. The molecule has 1 atom stereocenters. The molecule has 2 aromatic heterocycles. The molecule has 0 aliphatic carbocycles. The number of allylic oxidation sites excluding steroid dienone is 1. The van der Waals surface area contributed by atoms with Crippen LogP contribution in [0.25, 0.3) is 21.9 Å². The molecule has 2 aliphatic rings. The number of amides is 4. The molecule has 4 aromatic rings. The number of fused-ring (bicyclic) bond motifs is 2. The number of rotatable bonds is 15. The maximum absolute atomic E-state index is 13.4. The van der Waals surface area contributed by atoms with Crippen molar-refractivity contribution in [3.63, 3.8) is 0 Å². The summed E-state index contributed by atoms with van der Waals surface area (Å²) < 4.78 is 13.2. The van der Waals surface area contributed by atoms with Gasteiger partial charge in [0.05, 0.1) is 42.8 Å². The third-order valence-electron chi connectivity index (χ3n) is 10.2. The second kappa shape index (κ2) is 16.6. The van der Waals surface area contributed by atoms with Gasteiger partial charge in [0.25, 0.3) is 17.4 Å². The van der Waals surface area contributed by atoms with Crippen molar-refractivity contribution in [1.82, 2.24) is 29.6 Å². The molecule has 0 radical (unpaired) electrons. The van der Waals surface area contributed by atoms with Gasteiger partial charge in [0.1, 0.15) is 17.5 Å². The van der Waals surface area contributed by atoms with Gasteiger partial charge in [-0.1, -0.05) is 12.6 Å². The zero-order chi connectivity index (χ0) is 39.4. The Morgan fingerprint density at radius 2 is 1.75 bits per heavy atom. The molecule has 55 heavy (non-hydrogen) atoms. The van der Waals surface area contributed by atoms with Crippen LogP contribution in [0.5, 0.6) is 11.5 Å². The molecular weight excluding hydrogens is 702 g/mol. The zero-order valence-electron chi connectivity index (χ0n) is 31.9. The predicted molar refractivity (Wildman–Crippen MR) is 209 cm³/mol. The molecule has 1 unspecified atom stereocenters. The molecule has 4 heterocycles. The second-order valence-corrected chi connectivity index (χ2v) is 14.1. The first-order chi connectivity index (χ1) is 26.4. The van der Waals surface area contributed by atoms with Crippen LogP contribution in [-0.4, -0.2) is 102 Å². The standard InChI is InChI=1S/C41H47N7O7/c1-25-13-14-33(38(50)44-25)48-40(52)28-11-10-12-32(37(28)41(48)53)43-16-8-7-9-18-46(3)36(49)24-45(2)22-31-34(54-5)19-26(20-35(31)55-6)30-23-47(4)39(51)29-21-42-17-15-27(29)30/h10-12,15,17,19-21,23,33,43H,1,7-9,13-14,16,18,22,24H2,2-6H3,(H,44,50). The Kier molecular flexibility index (Phi) is 11.6. The molecule has 1 fully saturated rings. The maximum Gasteiger partial charge on any atom is 0.264 e. The van der Waals surface area contributed by atoms with E-state index in [-0.39, 0.29) is 18.0 Å². The zero-order valence-corrected chi connectivity index (χ0v) is 31.9. The summed E-state index contributed by atoms with van der Waals surface area (Å²) in [5.74, 6) is -0.150. The lowest BCUT2D eigenvalue weighted by molar-refractivity contribution is -0.131. The van der Waals surface area contributed by atoms with Crippen LogP contribution in [-0.2, 0) is 23.2 Å². The second-order valence-electron chi connectivity index (χ2n) is 14.1. The van der Waals surface area contributed by atoms with Crippen LogP contribution in [0, 0.1) is 0 Å². The number of nitrogens with one attached hydrogen (secondary N) is 2. The van der Waals surface area contributed by atoms with Crippen LogP contribution in [0.3, 0.4) is 0 Å². The number of carbonyl (C=O) groups excluding carboxylic acids is 4. The SMILES string of the molecule is C=C1CCC(N2C(=O)c3cccc(NCCCCCN(C)C(=O)CN(C)Cc4c(OC)cc(-c5cn(C)c(=O)c6cnccc56)cc4OC)c3C2=O)C(=O)N1. The van der Waals surface area contributed by atoms with Gasteiger partial charge in [0.2, 0.25) is 11.8 Å². The number of carbonyl (C=O) groups is 4. The minimum Gasteiger partial charge on any atom is -0.496 e. The lowest BCUT2D eigenvalue weighted by Crippen LogP contribution is -2.51. The number of benzene rings is 2. The van der Waals surface area contributed by atoms with Crippen molar-refractivity contribution in [3.8, 4) is 22.6 Å². The summed E-state index contributed by atoms with van der Waals surface area (Å²) >= 11 is 0. The van der Waals surface area contributed by atoms with E-state index in [9.17, 15) is 24.0 Å². The molecule has 0 bridgehead atoms. The molecule has 4 amide bonds. The minimum absolute atomic E-state index is 0.0241. The van der Waals surface area contributed by atoms with Crippen molar-refractivity contribution < 1.29 is 28.7 Å². The predicted octanol–water partition coefficient (Wildman–Crippen LogP) is 4.18. The Balaban J connectivity index is 0.996. The number of methoxy groups -OCH3 is 2. The van der Waals surface area contributed by atoms with Crippen molar-refractivity contribution >= 4 is 40.1 Å². The van der Waals surface area contributed by atoms with E-state index in [4.69, 9.17) is 9.47 Å². The molecule has 0 spiro atoms. The van der Waals surface area contributed by atoms with Crippen molar-refractivity contribution in [2.75, 3.05) is 53.3 Å². The van der Waals surface area contributed by atoms with E-state index in [1.807, 2.05) is 30.1 Å². The molecular formula is C41H47N7O7. The van der Waals surface area contributed by atoms with E-state index in [2.05, 4.69) is 22.2 Å². The number of hydrogen-bond acceptors (Lipinski definition) is 10. The molecule has 0 saturated carbocycles. The van der Waals surface area contributed by atoms with E-state index in [1.165, 1.54) is 4.57 Å². The Labute approximate surface area is 319 Å². The highest BCUT2D eigenvalue weighted by molar-refractivity contribution is 6.25. The number of pyridine rings is 2. The number of piperidine rings is 1. The van der Waals surface area contributed by atoms with Crippen molar-refractivity contribution in [2.24, 2.45) is 7.05 Å². The van der Waals surface area contributed by atoms with Gasteiger partial charge < -0.3 is 29.6 Å². The summed E-state index contributed by atoms with van der Waals surface area (Å²) in [6.45, 7) is 5.51. The maximum atomic E-state index is 13.4. The van der Waals surface area contributed by atoms with E-state index in [1.54, 1.807) is 70.0 Å². The Morgan fingerprint density at radius 1 is 1.00 bits per heavy atom. The molecule has 2 aromatic carbocycles. The van der Waals surface area contributed by atoms with Crippen LogP contribution in [0.15, 0.2) is 72.1 Å². The highest BCUT2D eigenvalue weighted by Crippen LogP contribution is 2.38. The lowest BCUT2D eigenvalue weighted by Gasteiger charge is -2.29. The number of anilines is 1. The number of aryl methyl sites for hydroxylation is 1. The Morgan fingerprint density at radius 3 is 2.45 bits per heavy atom. The number of imide groups is 1. The van der Waals surface area contributed by atoms with Crippen LogP contribution in [0.2, 0.25) is 0 Å². The van der Waals surface area contributed by atoms with Crippen molar-refractivity contribution in [3.05, 3.63) is 94.3 Å². The van der Waals surface area contributed by atoms with Crippen LogP contribution in [0.4, 0.5) is 5.69 Å². The molecule has 2 N–H and O–H groups in total. The number of aromatic nitrogens is 2. The summed E-state index contributed by atoms with van der Waals surface area (Å²) in [5.41, 5.74) is 4.05. The smallest absolute Gasteiger partial charge is 0.264 e.